The van der Waals surface area contributed by atoms with Crippen molar-refractivity contribution < 1.29 is 9.59 Å². The summed E-state index contributed by atoms with van der Waals surface area (Å²) in [6.07, 6.45) is 2.93. The highest BCUT2D eigenvalue weighted by Gasteiger charge is 2.53. The molecule has 21 heavy (non-hydrogen) atoms. The SMILES string of the molecule is CCCN1C(=O)C(C2CC2)NC(=O)C1(C)c1ccccc1. The summed E-state index contributed by atoms with van der Waals surface area (Å²) in [7, 11) is 0. The Balaban J connectivity index is 2.01. The Hall–Kier alpha value is -1.84. The zero-order chi connectivity index (χ0) is 15.0. The number of rotatable bonds is 4. The van der Waals surface area contributed by atoms with Gasteiger partial charge < -0.3 is 10.2 Å². The largest absolute Gasteiger partial charge is 0.342 e. The molecule has 1 saturated carbocycles. The van der Waals surface area contributed by atoms with Gasteiger partial charge >= 0.3 is 0 Å². The predicted molar refractivity (Wildman–Crippen MR) is 80.5 cm³/mol. The molecule has 0 spiro atoms. The Morgan fingerprint density at radius 3 is 2.48 bits per heavy atom. The maximum absolute atomic E-state index is 12.8. The highest BCUT2D eigenvalue weighted by atomic mass is 16.2. The number of benzene rings is 1. The summed E-state index contributed by atoms with van der Waals surface area (Å²) < 4.78 is 0. The van der Waals surface area contributed by atoms with Crippen LogP contribution < -0.4 is 5.32 Å². The molecule has 0 radical (unpaired) electrons. The van der Waals surface area contributed by atoms with Gasteiger partial charge in [-0.25, -0.2) is 0 Å². The highest BCUT2D eigenvalue weighted by molar-refractivity contribution is 6.00. The Kier molecular flexibility index (Phi) is 3.47. The molecule has 2 fully saturated rings. The van der Waals surface area contributed by atoms with Crippen LogP contribution in [-0.2, 0) is 15.1 Å². The maximum Gasteiger partial charge on any atom is 0.251 e. The number of hydrogen-bond donors (Lipinski definition) is 1. The van der Waals surface area contributed by atoms with Gasteiger partial charge in [-0.2, -0.15) is 0 Å². The van der Waals surface area contributed by atoms with E-state index in [1.165, 1.54) is 0 Å². The van der Waals surface area contributed by atoms with E-state index in [4.69, 9.17) is 0 Å². The third kappa shape index (κ3) is 2.23. The average Bonchev–Trinajstić information content (AvgIpc) is 3.33. The third-order valence-corrected chi connectivity index (χ3v) is 4.68. The van der Waals surface area contributed by atoms with E-state index in [1.54, 1.807) is 4.90 Å². The van der Waals surface area contributed by atoms with Gasteiger partial charge in [-0.05, 0) is 37.7 Å². The fraction of sp³-hybridized carbons (Fsp3) is 0.529. The van der Waals surface area contributed by atoms with E-state index in [0.717, 1.165) is 24.8 Å². The van der Waals surface area contributed by atoms with Crippen LogP contribution in [0.1, 0.15) is 38.7 Å². The zero-order valence-corrected chi connectivity index (χ0v) is 12.6. The molecule has 0 bridgehead atoms. The van der Waals surface area contributed by atoms with E-state index < -0.39 is 5.54 Å². The highest BCUT2D eigenvalue weighted by Crippen LogP contribution is 2.39. The molecule has 1 saturated heterocycles. The second kappa shape index (κ2) is 5.17. The number of nitrogens with one attached hydrogen (secondary N) is 1. The molecule has 4 heteroatoms. The number of amides is 2. The summed E-state index contributed by atoms with van der Waals surface area (Å²) in [5.41, 5.74) is -0.0294. The number of hydrogen-bond acceptors (Lipinski definition) is 2. The van der Waals surface area contributed by atoms with Crippen LogP contribution in [0.2, 0.25) is 0 Å². The first-order chi connectivity index (χ1) is 10.1. The van der Waals surface area contributed by atoms with E-state index in [9.17, 15) is 9.59 Å². The van der Waals surface area contributed by atoms with E-state index in [0.29, 0.717) is 12.5 Å². The van der Waals surface area contributed by atoms with Crippen LogP contribution in [0.15, 0.2) is 30.3 Å². The summed E-state index contributed by atoms with van der Waals surface area (Å²) in [5, 5.41) is 2.98. The first kappa shape index (κ1) is 14.1. The lowest BCUT2D eigenvalue weighted by Crippen LogP contribution is -2.68. The molecular formula is C17H22N2O2. The maximum atomic E-state index is 12.8. The van der Waals surface area contributed by atoms with Crippen LogP contribution in [0.5, 0.6) is 0 Å². The Morgan fingerprint density at radius 1 is 1.24 bits per heavy atom. The lowest BCUT2D eigenvalue weighted by molar-refractivity contribution is -0.158. The molecule has 4 nitrogen and oxygen atoms in total. The van der Waals surface area contributed by atoms with Crippen molar-refractivity contribution >= 4 is 11.8 Å². The minimum absolute atomic E-state index is 0.0568. The summed E-state index contributed by atoms with van der Waals surface area (Å²) in [4.78, 5) is 27.4. The number of nitrogens with zero attached hydrogens (tertiary/aromatic N) is 1. The normalized spacial score (nSPS) is 29.4. The topological polar surface area (TPSA) is 49.4 Å². The van der Waals surface area contributed by atoms with Crippen molar-refractivity contribution in [2.45, 2.75) is 44.7 Å². The van der Waals surface area contributed by atoms with Gasteiger partial charge in [0.15, 0.2) is 0 Å². The van der Waals surface area contributed by atoms with E-state index >= 15 is 0 Å². The minimum atomic E-state index is -0.903. The molecule has 0 aromatic heterocycles. The van der Waals surface area contributed by atoms with E-state index in [2.05, 4.69) is 5.32 Å². The van der Waals surface area contributed by atoms with Crippen molar-refractivity contribution in [3.05, 3.63) is 35.9 Å². The molecule has 1 N–H and O–H groups in total. The van der Waals surface area contributed by atoms with Crippen molar-refractivity contribution in [2.24, 2.45) is 5.92 Å². The van der Waals surface area contributed by atoms with Crippen LogP contribution >= 0.6 is 0 Å². The van der Waals surface area contributed by atoms with Gasteiger partial charge in [0.1, 0.15) is 11.6 Å². The van der Waals surface area contributed by atoms with Gasteiger partial charge in [0.2, 0.25) is 5.91 Å². The number of piperazine rings is 1. The second-order valence-electron chi connectivity index (χ2n) is 6.22. The van der Waals surface area contributed by atoms with Gasteiger partial charge in [-0.1, -0.05) is 37.3 Å². The lowest BCUT2D eigenvalue weighted by Gasteiger charge is -2.46. The van der Waals surface area contributed by atoms with Gasteiger partial charge in [0, 0.05) is 6.54 Å². The van der Waals surface area contributed by atoms with Gasteiger partial charge in [-0.15, -0.1) is 0 Å². The standard InChI is InChI=1S/C17H22N2O2/c1-3-11-19-15(20)14(12-9-10-12)18-16(21)17(19,2)13-7-5-4-6-8-13/h4-8,12,14H,3,9-11H2,1-2H3,(H,18,21). The Labute approximate surface area is 125 Å². The quantitative estimate of drug-likeness (QED) is 0.921. The number of carbonyl (C=O) groups is 2. The fourth-order valence-corrected chi connectivity index (χ4v) is 3.21. The molecule has 1 aromatic carbocycles. The smallest absolute Gasteiger partial charge is 0.251 e. The third-order valence-electron chi connectivity index (χ3n) is 4.68. The summed E-state index contributed by atoms with van der Waals surface area (Å²) >= 11 is 0. The minimum Gasteiger partial charge on any atom is -0.342 e. The average molecular weight is 286 g/mol. The van der Waals surface area contributed by atoms with Gasteiger partial charge in [0.25, 0.3) is 5.91 Å². The van der Waals surface area contributed by atoms with E-state index in [1.807, 2.05) is 44.2 Å². The van der Waals surface area contributed by atoms with Crippen molar-refractivity contribution in [1.82, 2.24) is 10.2 Å². The molecule has 2 aliphatic rings. The van der Waals surface area contributed by atoms with Crippen LogP contribution in [0, 0.1) is 5.92 Å². The molecule has 1 aliphatic carbocycles. The van der Waals surface area contributed by atoms with Crippen LogP contribution in [0.4, 0.5) is 0 Å². The molecule has 2 atom stereocenters. The van der Waals surface area contributed by atoms with Crippen molar-refractivity contribution in [3.8, 4) is 0 Å². The Bertz CT molecular complexity index is 553. The van der Waals surface area contributed by atoms with Gasteiger partial charge in [-0.3, -0.25) is 9.59 Å². The molecule has 3 rings (SSSR count). The summed E-state index contributed by atoms with van der Waals surface area (Å²) in [6, 6.07) is 9.28. The number of carbonyl (C=O) groups excluding carboxylic acids is 2. The Morgan fingerprint density at radius 2 is 1.90 bits per heavy atom. The molecule has 1 heterocycles. The second-order valence-corrected chi connectivity index (χ2v) is 6.22. The first-order valence-electron chi connectivity index (χ1n) is 7.77. The van der Waals surface area contributed by atoms with Crippen LogP contribution in [0.25, 0.3) is 0 Å². The molecule has 1 aromatic rings. The van der Waals surface area contributed by atoms with E-state index in [-0.39, 0.29) is 17.9 Å². The summed E-state index contributed by atoms with van der Waals surface area (Å²) in [5.74, 6) is 0.352. The van der Waals surface area contributed by atoms with Gasteiger partial charge in [0.05, 0.1) is 0 Å². The zero-order valence-electron chi connectivity index (χ0n) is 12.6. The molecule has 112 valence electrons. The molecule has 1 aliphatic heterocycles. The van der Waals surface area contributed by atoms with Crippen molar-refractivity contribution in [3.63, 3.8) is 0 Å². The fourth-order valence-electron chi connectivity index (χ4n) is 3.21. The first-order valence-corrected chi connectivity index (χ1v) is 7.77. The van der Waals surface area contributed by atoms with Crippen LogP contribution in [0.3, 0.4) is 0 Å². The summed E-state index contributed by atoms with van der Waals surface area (Å²) in [6.45, 7) is 4.51. The monoisotopic (exact) mass is 286 g/mol. The lowest BCUT2D eigenvalue weighted by atomic mass is 9.85. The molecular weight excluding hydrogens is 264 g/mol. The van der Waals surface area contributed by atoms with Crippen molar-refractivity contribution in [2.75, 3.05) is 6.54 Å². The predicted octanol–water partition coefficient (Wildman–Crippen LogP) is 2.05. The van der Waals surface area contributed by atoms with Crippen molar-refractivity contribution in [1.29, 1.82) is 0 Å². The van der Waals surface area contributed by atoms with Crippen LogP contribution in [-0.4, -0.2) is 29.3 Å². The molecule has 2 unspecified atom stereocenters. The molecule has 2 amide bonds.